The van der Waals surface area contributed by atoms with Crippen LogP contribution in [0.3, 0.4) is 0 Å². The highest BCUT2D eigenvalue weighted by atomic mass is 19.1. The number of carbonyl (C=O) groups is 1. The zero-order valence-corrected chi connectivity index (χ0v) is 10.7. The maximum atomic E-state index is 13.3. The third kappa shape index (κ3) is 2.63. The Morgan fingerprint density at radius 2 is 2.10 bits per heavy atom. The number of halogens is 1. The molecule has 2 rings (SSSR count). The average molecular weight is 278 g/mol. The fourth-order valence-corrected chi connectivity index (χ4v) is 1.60. The number of benzene rings is 1. The van der Waals surface area contributed by atoms with Gasteiger partial charge in [0, 0.05) is 22.9 Å². The van der Waals surface area contributed by atoms with Crippen molar-refractivity contribution in [1.82, 2.24) is 10.2 Å². The van der Waals surface area contributed by atoms with E-state index in [0.717, 1.165) is 29.5 Å². The predicted molar refractivity (Wildman–Crippen MR) is 69.1 cm³/mol. The summed E-state index contributed by atoms with van der Waals surface area (Å²) in [5.74, 6) is -1.21. The zero-order valence-electron chi connectivity index (χ0n) is 10.7. The van der Waals surface area contributed by atoms with Gasteiger partial charge >= 0.3 is 0 Å². The van der Waals surface area contributed by atoms with Crippen LogP contribution >= 0.6 is 0 Å². The van der Waals surface area contributed by atoms with Crippen LogP contribution in [0.1, 0.15) is 21.6 Å². The van der Waals surface area contributed by atoms with Crippen molar-refractivity contribution in [1.29, 1.82) is 0 Å². The second kappa shape index (κ2) is 5.08. The van der Waals surface area contributed by atoms with Crippen LogP contribution in [0.15, 0.2) is 18.2 Å². The summed E-state index contributed by atoms with van der Waals surface area (Å²) in [4.78, 5) is 21.8. The Labute approximate surface area is 113 Å². The highest BCUT2D eigenvalue weighted by Gasteiger charge is 2.16. The Bertz CT molecular complexity index is 696. The summed E-state index contributed by atoms with van der Waals surface area (Å²) in [5.41, 5.74) is 0.900. The van der Waals surface area contributed by atoms with Gasteiger partial charge < -0.3 is 5.32 Å². The lowest BCUT2D eigenvalue weighted by Gasteiger charge is -2.03. The molecule has 104 valence electrons. The van der Waals surface area contributed by atoms with E-state index in [1.807, 2.05) is 0 Å². The van der Waals surface area contributed by atoms with Crippen molar-refractivity contribution in [2.24, 2.45) is 0 Å². The molecule has 1 aromatic carbocycles. The summed E-state index contributed by atoms with van der Waals surface area (Å²) in [5, 5.41) is 19.7. The second-order valence-corrected chi connectivity index (χ2v) is 4.23. The number of non-ortho nitro benzene ring substituents is 1. The molecule has 2 aromatic rings. The number of anilines is 1. The molecule has 8 heteroatoms. The summed E-state index contributed by atoms with van der Waals surface area (Å²) >= 11 is 0. The van der Waals surface area contributed by atoms with Gasteiger partial charge in [0.05, 0.1) is 11.0 Å². The number of amides is 1. The molecule has 0 saturated carbocycles. The Balaban J connectivity index is 2.30. The van der Waals surface area contributed by atoms with Crippen molar-refractivity contribution in [3.05, 3.63) is 51.0 Å². The number of hydrogen-bond acceptors (Lipinski definition) is 4. The van der Waals surface area contributed by atoms with Gasteiger partial charge in [-0.2, -0.15) is 5.10 Å². The first-order valence-electron chi connectivity index (χ1n) is 5.66. The van der Waals surface area contributed by atoms with Gasteiger partial charge in [0.2, 0.25) is 0 Å². The van der Waals surface area contributed by atoms with Crippen LogP contribution in [0.2, 0.25) is 0 Å². The molecular weight excluding hydrogens is 267 g/mol. The van der Waals surface area contributed by atoms with Gasteiger partial charge in [-0.3, -0.25) is 20.0 Å². The van der Waals surface area contributed by atoms with Crippen LogP contribution in [-0.2, 0) is 0 Å². The van der Waals surface area contributed by atoms with E-state index >= 15 is 0 Å². The lowest BCUT2D eigenvalue weighted by Crippen LogP contribution is -2.13. The van der Waals surface area contributed by atoms with Gasteiger partial charge in [0.15, 0.2) is 5.82 Å². The van der Waals surface area contributed by atoms with E-state index in [2.05, 4.69) is 15.5 Å². The Morgan fingerprint density at radius 1 is 1.40 bits per heavy atom. The van der Waals surface area contributed by atoms with Gasteiger partial charge in [-0.25, -0.2) is 4.39 Å². The second-order valence-electron chi connectivity index (χ2n) is 4.23. The fourth-order valence-electron chi connectivity index (χ4n) is 1.60. The molecule has 0 atom stereocenters. The molecule has 0 saturated heterocycles. The van der Waals surface area contributed by atoms with Crippen LogP contribution in [0, 0.1) is 29.8 Å². The minimum absolute atomic E-state index is 0.142. The quantitative estimate of drug-likeness (QED) is 0.664. The molecule has 1 amide bonds. The van der Waals surface area contributed by atoms with Crippen molar-refractivity contribution in [3.63, 3.8) is 0 Å². The maximum absolute atomic E-state index is 13.3. The standard InChI is InChI=1S/C12H11FN4O3/c1-6-7(2)15-16-11(6)14-12(18)8-3-9(13)5-10(4-8)17(19)20/h3-5H,1-2H3,(H2,14,15,16,18). The van der Waals surface area contributed by atoms with Crippen LogP contribution in [0.25, 0.3) is 0 Å². The first-order valence-corrected chi connectivity index (χ1v) is 5.66. The first-order chi connectivity index (χ1) is 9.38. The molecule has 2 N–H and O–H groups in total. The summed E-state index contributed by atoms with van der Waals surface area (Å²) in [6.07, 6.45) is 0. The summed E-state index contributed by atoms with van der Waals surface area (Å²) in [6.45, 7) is 3.54. The summed E-state index contributed by atoms with van der Waals surface area (Å²) < 4.78 is 13.3. The van der Waals surface area contributed by atoms with Gasteiger partial charge in [-0.15, -0.1) is 0 Å². The number of aromatic amines is 1. The van der Waals surface area contributed by atoms with Gasteiger partial charge in [0.1, 0.15) is 5.82 Å². The Morgan fingerprint density at radius 3 is 2.65 bits per heavy atom. The van der Waals surface area contributed by atoms with Crippen molar-refractivity contribution in [2.45, 2.75) is 13.8 Å². The number of nitro benzene ring substituents is 1. The van der Waals surface area contributed by atoms with E-state index in [-0.39, 0.29) is 5.56 Å². The van der Waals surface area contributed by atoms with Crippen LogP contribution in [0.4, 0.5) is 15.9 Å². The maximum Gasteiger partial charge on any atom is 0.273 e. The van der Waals surface area contributed by atoms with Crippen LogP contribution in [-0.4, -0.2) is 21.0 Å². The summed E-state index contributed by atoms with van der Waals surface area (Å²) in [6, 6.07) is 2.69. The highest BCUT2D eigenvalue weighted by molar-refractivity contribution is 6.04. The van der Waals surface area contributed by atoms with E-state index in [9.17, 15) is 19.3 Å². The highest BCUT2D eigenvalue weighted by Crippen LogP contribution is 2.19. The van der Waals surface area contributed by atoms with Gasteiger partial charge in [0.25, 0.3) is 11.6 Å². The number of nitrogens with one attached hydrogen (secondary N) is 2. The molecule has 0 radical (unpaired) electrons. The number of nitrogens with zero attached hydrogens (tertiary/aromatic N) is 2. The largest absolute Gasteiger partial charge is 0.305 e. The third-order valence-electron chi connectivity index (χ3n) is 2.84. The number of carbonyl (C=O) groups excluding carboxylic acids is 1. The van der Waals surface area contributed by atoms with E-state index in [1.54, 1.807) is 13.8 Å². The van der Waals surface area contributed by atoms with Gasteiger partial charge in [-0.05, 0) is 19.9 Å². The molecule has 7 nitrogen and oxygen atoms in total. The van der Waals surface area contributed by atoms with Crippen LogP contribution in [0.5, 0.6) is 0 Å². The molecule has 1 aromatic heterocycles. The number of hydrogen-bond donors (Lipinski definition) is 2. The van der Waals surface area contributed by atoms with E-state index in [4.69, 9.17) is 0 Å². The molecule has 0 aliphatic carbocycles. The average Bonchev–Trinajstić information content (AvgIpc) is 2.70. The number of nitro groups is 1. The molecule has 1 heterocycles. The molecule has 0 spiro atoms. The molecule has 0 bridgehead atoms. The zero-order chi connectivity index (χ0) is 14.9. The van der Waals surface area contributed by atoms with Crippen molar-refractivity contribution < 1.29 is 14.1 Å². The molecule has 20 heavy (non-hydrogen) atoms. The summed E-state index contributed by atoms with van der Waals surface area (Å²) in [7, 11) is 0. The van der Waals surface area contributed by atoms with E-state index in [0.29, 0.717) is 5.82 Å². The third-order valence-corrected chi connectivity index (χ3v) is 2.84. The Kier molecular flexibility index (Phi) is 3.47. The molecule has 0 unspecified atom stereocenters. The number of aromatic nitrogens is 2. The smallest absolute Gasteiger partial charge is 0.273 e. The lowest BCUT2D eigenvalue weighted by atomic mass is 10.1. The number of aryl methyl sites for hydroxylation is 1. The topological polar surface area (TPSA) is 101 Å². The number of H-pyrrole nitrogens is 1. The molecular formula is C12H11FN4O3. The number of rotatable bonds is 3. The van der Waals surface area contributed by atoms with Crippen LogP contribution < -0.4 is 5.32 Å². The fraction of sp³-hybridized carbons (Fsp3) is 0.167. The van der Waals surface area contributed by atoms with Crippen molar-refractivity contribution >= 4 is 17.4 Å². The molecule has 0 aliphatic rings. The molecule has 0 aliphatic heterocycles. The van der Waals surface area contributed by atoms with Crippen molar-refractivity contribution in [2.75, 3.05) is 5.32 Å². The predicted octanol–water partition coefficient (Wildman–Crippen LogP) is 2.33. The lowest BCUT2D eigenvalue weighted by molar-refractivity contribution is -0.385. The minimum atomic E-state index is -0.848. The minimum Gasteiger partial charge on any atom is -0.305 e. The normalized spacial score (nSPS) is 10.3. The van der Waals surface area contributed by atoms with Gasteiger partial charge in [-0.1, -0.05) is 0 Å². The monoisotopic (exact) mass is 278 g/mol. The Hall–Kier alpha value is -2.77. The SMILES string of the molecule is Cc1[nH]nc(NC(=O)c2cc(F)cc([N+](=O)[O-])c2)c1C. The first kappa shape index (κ1) is 13.7. The van der Waals surface area contributed by atoms with E-state index in [1.165, 1.54) is 0 Å². The molecule has 0 fully saturated rings. The van der Waals surface area contributed by atoms with Crippen molar-refractivity contribution in [3.8, 4) is 0 Å². The van der Waals surface area contributed by atoms with E-state index < -0.39 is 22.3 Å².